The van der Waals surface area contributed by atoms with Crippen molar-refractivity contribution >= 4 is 32.8 Å². The van der Waals surface area contributed by atoms with Crippen molar-refractivity contribution < 1.29 is 12.8 Å². The highest BCUT2D eigenvalue weighted by Crippen LogP contribution is 2.32. The second-order valence-electron chi connectivity index (χ2n) is 7.43. The SMILES string of the molecule is CCN(CC)S(=O)(=O)c1ccc2c(c1)nc(SCc1cccc(C)c1F)n2C(C)C. The second-order valence-corrected chi connectivity index (χ2v) is 10.3. The van der Waals surface area contributed by atoms with E-state index in [0.717, 1.165) is 10.7 Å². The first-order valence-electron chi connectivity index (χ1n) is 10.1. The van der Waals surface area contributed by atoms with Gasteiger partial charge in [0.05, 0.1) is 15.9 Å². The number of aromatic nitrogens is 2. The van der Waals surface area contributed by atoms with Crippen molar-refractivity contribution in [2.24, 2.45) is 0 Å². The fourth-order valence-electron chi connectivity index (χ4n) is 3.49. The molecule has 0 aliphatic rings. The van der Waals surface area contributed by atoms with Crippen LogP contribution in [0.1, 0.15) is 44.9 Å². The summed E-state index contributed by atoms with van der Waals surface area (Å²) in [5.41, 5.74) is 2.75. The maximum atomic E-state index is 14.4. The summed E-state index contributed by atoms with van der Waals surface area (Å²) < 4.78 is 43.7. The van der Waals surface area contributed by atoms with E-state index in [2.05, 4.69) is 18.4 Å². The zero-order chi connectivity index (χ0) is 22.1. The standard InChI is InChI=1S/C22H28FN3O2S2/c1-6-25(7-2)30(27,28)18-11-12-20-19(13-18)24-22(26(20)15(3)4)29-14-17-10-8-9-16(5)21(17)23/h8-13,15H,6-7,14H2,1-5H3. The molecule has 0 fully saturated rings. The average molecular weight is 450 g/mol. The van der Waals surface area contributed by atoms with E-state index in [0.29, 0.717) is 35.5 Å². The van der Waals surface area contributed by atoms with Gasteiger partial charge in [0.15, 0.2) is 5.16 Å². The first-order valence-corrected chi connectivity index (χ1v) is 12.5. The highest BCUT2D eigenvalue weighted by molar-refractivity contribution is 7.98. The van der Waals surface area contributed by atoms with E-state index in [-0.39, 0.29) is 16.8 Å². The molecule has 0 aliphatic heterocycles. The molecule has 0 unspecified atom stereocenters. The van der Waals surface area contributed by atoms with Gasteiger partial charge in [-0.15, -0.1) is 0 Å². The molecular formula is C22H28FN3O2S2. The minimum atomic E-state index is -3.55. The van der Waals surface area contributed by atoms with Crippen LogP contribution < -0.4 is 0 Å². The van der Waals surface area contributed by atoms with E-state index >= 15 is 0 Å². The Labute approximate surface area is 182 Å². The van der Waals surface area contributed by atoms with Gasteiger partial charge in [0.2, 0.25) is 10.0 Å². The number of nitrogens with zero attached hydrogens (tertiary/aromatic N) is 3. The Morgan fingerprint density at radius 3 is 2.50 bits per heavy atom. The molecule has 0 bridgehead atoms. The van der Waals surface area contributed by atoms with Gasteiger partial charge in [-0.1, -0.05) is 43.8 Å². The number of imidazole rings is 1. The molecule has 0 spiro atoms. The van der Waals surface area contributed by atoms with Gasteiger partial charge in [-0.25, -0.2) is 17.8 Å². The number of sulfonamides is 1. The number of hydrogen-bond acceptors (Lipinski definition) is 4. The van der Waals surface area contributed by atoms with Crippen molar-refractivity contribution in [2.45, 2.75) is 56.5 Å². The minimum Gasteiger partial charge on any atom is -0.316 e. The summed E-state index contributed by atoms with van der Waals surface area (Å²) in [5, 5.41) is 0.748. The summed E-state index contributed by atoms with van der Waals surface area (Å²) in [6.45, 7) is 10.3. The highest BCUT2D eigenvalue weighted by Gasteiger charge is 2.23. The number of rotatable bonds is 8. The van der Waals surface area contributed by atoms with Crippen molar-refractivity contribution in [3.8, 4) is 0 Å². The molecular weight excluding hydrogens is 421 g/mol. The summed E-state index contributed by atoms with van der Waals surface area (Å²) in [4.78, 5) is 4.95. The van der Waals surface area contributed by atoms with Gasteiger partial charge >= 0.3 is 0 Å². The van der Waals surface area contributed by atoms with Crippen molar-refractivity contribution in [3.63, 3.8) is 0 Å². The van der Waals surface area contributed by atoms with Gasteiger partial charge < -0.3 is 4.57 Å². The first-order chi connectivity index (χ1) is 14.2. The number of benzene rings is 2. The Bertz CT molecular complexity index is 1150. The quantitative estimate of drug-likeness (QED) is 0.433. The molecule has 8 heteroatoms. The van der Waals surface area contributed by atoms with Crippen LogP contribution in [0.25, 0.3) is 11.0 Å². The molecule has 0 N–H and O–H groups in total. The van der Waals surface area contributed by atoms with Gasteiger partial charge in [-0.05, 0) is 50.1 Å². The minimum absolute atomic E-state index is 0.130. The summed E-state index contributed by atoms with van der Waals surface area (Å²) >= 11 is 1.46. The fraction of sp³-hybridized carbons (Fsp3) is 0.409. The normalized spacial score (nSPS) is 12.4. The van der Waals surface area contributed by atoms with Crippen molar-refractivity contribution in [1.29, 1.82) is 0 Å². The molecule has 0 aliphatic carbocycles. The molecule has 3 rings (SSSR count). The molecule has 162 valence electrons. The van der Waals surface area contributed by atoms with Crippen molar-refractivity contribution in [3.05, 3.63) is 53.3 Å². The zero-order valence-electron chi connectivity index (χ0n) is 18.0. The molecule has 0 saturated carbocycles. The Hall–Kier alpha value is -1.90. The van der Waals surface area contributed by atoms with E-state index in [1.54, 1.807) is 31.2 Å². The Kier molecular flexibility index (Phi) is 6.89. The molecule has 2 aromatic carbocycles. The van der Waals surface area contributed by atoms with Crippen LogP contribution in [0.3, 0.4) is 0 Å². The van der Waals surface area contributed by atoms with Crippen LogP contribution in [-0.4, -0.2) is 35.4 Å². The summed E-state index contributed by atoms with van der Waals surface area (Å²) in [6, 6.07) is 10.6. The number of halogens is 1. The average Bonchev–Trinajstić information content (AvgIpc) is 3.07. The summed E-state index contributed by atoms with van der Waals surface area (Å²) in [5.74, 6) is 0.263. The third-order valence-electron chi connectivity index (χ3n) is 5.12. The van der Waals surface area contributed by atoms with Crippen molar-refractivity contribution in [1.82, 2.24) is 13.9 Å². The van der Waals surface area contributed by atoms with Crippen LogP contribution in [0, 0.1) is 12.7 Å². The van der Waals surface area contributed by atoms with Crippen LogP contribution in [0.5, 0.6) is 0 Å². The van der Waals surface area contributed by atoms with Gasteiger partial charge in [0.1, 0.15) is 5.82 Å². The molecule has 1 heterocycles. The third-order valence-corrected chi connectivity index (χ3v) is 8.16. The van der Waals surface area contributed by atoms with Gasteiger partial charge in [0, 0.05) is 24.9 Å². The monoisotopic (exact) mass is 449 g/mol. The molecule has 5 nitrogen and oxygen atoms in total. The lowest BCUT2D eigenvalue weighted by Crippen LogP contribution is -2.30. The summed E-state index contributed by atoms with van der Waals surface area (Å²) in [7, 11) is -3.55. The molecule has 3 aromatic rings. The second kappa shape index (κ2) is 9.08. The lowest BCUT2D eigenvalue weighted by Gasteiger charge is -2.18. The number of fused-ring (bicyclic) bond motifs is 1. The van der Waals surface area contributed by atoms with E-state index < -0.39 is 10.0 Å². The summed E-state index contributed by atoms with van der Waals surface area (Å²) in [6.07, 6.45) is 0. The lowest BCUT2D eigenvalue weighted by atomic mass is 10.1. The molecule has 0 radical (unpaired) electrons. The van der Waals surface area contributed by atoms with Crippen molar-refractivity contribution in [2.75, 3.05) is 13.1 Å². The predicted octanol–water partition coefficient (Wildman–Crippen LogP) is 5.39. The van der Waals surface area contributed by atoms with Gasteiger partial charge in [-0.2, -0.15) is 4.31 Å². The van der Waals surface area contributed by atoms with Gasteiger partial charge in [-0.3, -0.25) is 0 Å². The zero-order valence-corrected chi connectivity index (χ0v) is 19.6. The topological polar surface area (TPSA) is 55.2 Å². The first kappa shape index (κ1) is 22.8. The van der Waals surface area contributed by atoms with Crippen LogP contribution in [0.2, 0.25) is 0 Å². The van der Waals surface area contributed by atoms with E-state index in [1.165, 1.54) is 16.1 Å². The van der Waals surface area contributed by atoms with E-state index in [4.69, 9.17) is 4.98 Å². The maximum absolute atomic E-state index is 14.4. The van der Waals surface area contributed by atoms with Crippen LogP contribution in [-0.2, 0) is 15.8 Å². The highest BCUT2D eigenvalue weighted by atomic mass is 32.2. The van der Waals surface area contributed by atoms with Crippen LogP contribution in [0.15, 0.2) is 46.5 Å². The fourth-order valence-corrected chi connectivity index (χ4v) is 6.09. The molecule has 0 saturated heterocycles. The van der Waals surface area contributed by atoms with E-state index in [1.807, 2.05) is 26.0 Å². The predicted molar refractivity (Wildman–Crippen MR) is 121 cm³/mol. The lowest BCUT2D eigenvalue weighted by molar-refractivity contribution is 0.445. The molecule has 1 aromatic heterocycles. The van der Waals surface area contributed by atoms with E-state index in [9.17, 15) is 12.8 Å². The largest absolute Gasteiger partial charge is 0.316 e. The van der Waals surface area contributed by atoms with Crippen LogP contribution in [0.4, 0.5) is 4.39 Å². The molecule has 0 amide bonds. The van der Waals surface area contributed by atoms with Crippen LogP contribution >= 0.6 is 11.8 Å². The Morgan fingerprint density at radius 2 is 1.87 bits per heavy atom. The number of aryl methyl sites for hydroxylation is 1. The molecule has 0 atom stereocenters. The molecule has 30 heavy (non-hydrogen) atoms. The Morgan fingerprint density at radius 1 is 1.17 bits per heavy atom. The number of hydrogen-bond donors (Lipinski definition) is 0. The number of thioether (sulfide) groups is 1. The van der Waals surface area contributed by atoms with Gasteiger partial charge in [0.25, 0.3) is 0 Å². The smallest absolute Gasteiger partial charge is 0.243 e. The maximum Gasteiger partial charge on any atom is 0.243 e. The third kappa shape index (κ3) is 4.26. The Balaban J connectivity index is 2.01.